The maximum atomic E-state index is 12.4. The molecule has 0 saturated carbocycles. The predicted octanol–water partition coefficient (Wildman–Crippen LogP) is 0.0118. The van der Waals surface area contributed by atoms with Crippen molar-refractivity contribution in [2.24, 2.45) is 11.8 Å². The van der Waals surface area contributed by atoms with Gasteiger partial charge in [-0.1, -0.05) is 27.7 Å². The Kier molecular flexibility index (Phi) is 12.2. The van der Waals surface area contributed by atoms with E-state index in [9.17, 15) is 19.2 Å². The van der Waals surface area contributed by atoms with Crippen LogP contribution in [0.15, 0.2) is 0 Å². The highest BCUT2D eigenvalue weighted by Gasteiger charge is 2.27. The number of carbonyl (C=O) groups is 4. The second kappa shape index (κ2) is 14.1. The fraction of sp³-hybridized carbons (Fsp3) is 0.818. The maximum absolute atomic E-state index is 12.4. The molecule has 0 aromatic rings. The van der Waals surface area contributed by atoms with Crippen LogP contribution in [0.25, 0.3) is 0 Å². The lowest BCUT2D eigenvalue weighted by molar-refractivity contribution is -0.146. The Morgan fingerprint density at radius 3 is 1.25 bits per heavy atom. The number of ether oxygens (including phenoxy) is 2. The molecule has 0 radical (unpaired) electrons. The Bertz CT molecular complexity index is 578. The molecular formula is C22H40N4O6. The van der Waals surface area contributed by atoms with E-state index in [1.165, 1.54) is 14.2 Å². The number of carbonyl (C=O) groups excluding carboxylic acids is 4. The monoisotopic (exact) mass is 456 g/mol. The molecular weight excluding hydrogens is 416 g/mol. The van der Waals surface area contributed by atoms with Crippen LogP contribution < -0.4 is 10.6 Å². The number of piperazine rings is 1. The first-order valence-electron chi connectivity index (χ1n) is 11.2. The molecule has 0 aromatic carbocycles. The summed E-state index contributed by atoms with van der Waals surface area (Å²) in [5.74, 6) is -0.832. The maximum Gasteiger partial charge on any atom is 0.328 e. The smallest absolute Gasteiger partial charge is 0.328 e. The van der Waals surface area contributed by atoms with Gasteiger partial charge in [-0.25, -0.2) is 9.59 Å². The first-order valence-corrected chi connectivity index (χ1v) is 11.2. The van der Waals surface area contributed by atoms with Crippen molar-refractivity contribution in [1.29, 1.82) is 0 Å². The standard InChI is InChI=1S/C22H40N4O6/c1-15(2)11-17(21(29)31-5)23-19(27)13-25-7-9-26(10-8-25)14-20(28)24-18(12-16(3)4)22(30)32-6/h15-18H,7-14H2,1-6H3,(H,23,27)(H,24,28)/t17-,18-/m0/s1. The minimum absolute atomic E-state index is 0.185. The molecule has 0 aliphatic carbocycles. The second-order valence-corrected chi connectivity index (χ2v) is 9.10. The van der Waals surface area contributed by atoms with Gasteiger partial charge in [0.2, 0.25) is 11.8 Å². The molecule has 0 aromatic heterocycles. The summed E-state index contributed by atoms with van der Waals surface area (Å²) in [5.41, 5.74) is 0. The Labute approximate surface area is 191 Å². The molecule has 1 aliphatic heterocycles. The molecule has 1 fully saturated rings. The number of esters is 2. The molecule has 184 valence electrons. The van der Waals surface area contributed by atoms with E-state index in [-0.39, 0.29) is 36.7 Å². The highest BCUT2D eigenvalue weighted by Crippen LogP contribution is 2.08. The summed E-state index contributed by atoms with van der Waals surface area (Å²) in [7, 11) is 2.63. The molecule has 2 N–H and O–H groups in total. The molecule has 1 heterocycles. The van der Waals surface area contributed by atoms with Crippen LogP contribution in [-0.4, -0.2) is 99.1 Å². The Morgan fingerprint density at radius 2 is 1.00 bits per heavy atom. The van der Waals surface area contributed by atoms with Crippen molar-refractivity contribution in [1.82, 2.24) is 20.4 Å². The van der Waals surface area contributed by atoms with Crippen LogP contribution in [0.5, 0.6) is 0 Å². The van der Waals surface area contributed by atoms with Crippen molar-refractivity contribution in [2.75, 3.05) is 53.5 Å². The van der Waals surface area contributed by atoms with Gasteiger partial charge in [0.1, 0.15) is 12.1 Å². The quantitative estimate of drug-likeness (QED) is 0.395. The summed E-state index contributed by atoms with van der Waals surface area (Å²) in [6.45, 7) is 10.8. The predicted molar refractivity (Wildman–Crippen MR) is 120 cm³/mol. The van der Waals surface area contributed by atoms with Crippen LogP contribution in [-0.2, 0) is 28.7 Å². The molecule has 1 rings (SSSR count). The van der Waals surface area contributed by atoms with Crippen molar-refractivity contribution in [3.05, 3.63) is 0 Å². The van der Waals surface area contributed by atoms with E-state index in [1.807, 2.05) is 37.5 Å². The van der Waals surface area contributed by atoms with E-state index in [2.05, 4.69) is 10.6 Å². The second-order valence-electron chi connectivity index (χ2n) is 9.10. The molecule has 2 amide bonds. The first-order chi connectivity index (χ1) is 15.0. The van der Waals surface area contributed by atoms with Crippen LogP contribution in [0.4, 0.5) is 0 Å². The van der Waals surface area contributed by atoms with Crippen LogP contribution >= 0.6 is 0 Å². The summed E-state index contributed by atoms with van der Waals surface area (Å²) in [6.07, 6.45) is 1.04. The molecule has 10 nitrogen and oxygen atoms in total. The summed E-state index contributed by atoms with van der Waals surface area (Å²) >= 11 is 0. The summed E-state index contributed by atoms with van der Waals surface area (Å²) in [6, 6.07) is -1.29. The van der Waals surface area contributed by atoms with E-state index >= 15 is 0 Å². The number of hydrogen-bond acceptors (Lipinski definition) is 8. The zero-order chi connectivity index (χ0) is 24.3. The number of nitrogens with zero attached hydrogens (tertiary/aromatic N) is 2. The van der Waals surface area contributed by atoms with Crippen molar-refractivity contribution in [2.45, 2.75) is 52.6 Å². The fourth-order valence-corrected chi connectivity index (χ4v) is 3.65. The minimum Gasteiger partial charge on any atom is -0.467 e. The number of amides is 2. The van der Waals surface area contributed by atoms with Gasteiger partial charge in [-0.2, -0.15) is 0 Å². The third-order valence-electron chi connectivity index (χ3n) is 5.26. The van der Waals surface area contributed by atoms with Crippen LogP contribution in [0.2, 0.25) is 0 Å². The fourth-order valence-electron chi connectivity index (χ4n) is 3.65. The lowest BCUT2D eigenvalue weighted by Gasteiger charge is -2.34. The van der Waals surface area contributed by atoms with Gasteiger partial charge in [0, 0.05) is 26.2 Å². The average Bonchev–Trinajstić information content (AvgIpc) is 2.72. The van der Waals surface area contributed by atoms with Gasteiger partial charge < -0.3 is 20.1 Å². The summed E-state index contributed by atoms with van der Waals surface area (Å²) in [5, 5.41) is 5.53. The largest absolute Gasteiger partial charge is 0.467 e. The highest BCUT2D eigenvalue weighted by atomic mass is 16.5. The highest BCUT2D eigenvalue weighted by molar-refractivity contribution is 5.86. The van der Waals surface area contributed by atoms with Crippen LogP contribution in [0.1, 0.15) is 40.5 Å². The molecule has 0 unspecified atom stereocenters. The van der Waals surface area contributed by atoms with Crippen molar-refractivity contribution >= 4 is 23.8 Å². The van der Waals surface area contributed by atoms with Crippen molar-refractivity contribution in [3.8, 4) is 0 Å². The van der Waals surface area contributed by atoms with Gasteiger partial charge in [-0.05, 0) is 24.7 Å². The zero-order valence-corrected chi connectivity index (χ0v) is 20.3. The average molecular weight is 457 g/mol. The third-order valence-corrected chi connectivity index (χ3v) is 5.26. The van der Waals surface area contributed by atoms with Crippen molar-refractivity contribution < 1.29 is 28.7 Å². The number of nitrogens with one attached hydrogen (secondary N) is 2. The summed E-state index contributed by atoms with van der Waals surface area (Å²) < 4.78 is 9.57. The van der Waals surface area contributed by atoms with Gasteiger partial charge in [0.15, 0.2) is 0 Å². The SMILES string of the molecule is COC(=O)[C@H](CC(C)C)NC(=O)CN1CCN(CC(=O)N[C@@H](CC(C)C)C(=O)OC)CC1. The Hall–Kier alpha value is -2.20. The molecule has 2 atom stereocenters. The lowest BCUT2D eigenvalue weighted by Crippen LogP contribution is -2.54. The molecule has 10 heteroatoms. The van der Waals surface area contributed by atoms with E-state index in [1.54, 1.807) is 0 Å². The summed E-state index contributed by atoms with van der Waals surface area (Å²) in [4.78, 5) is 52.6. The van der Waals surface area contributed by atoms with E-state index < -0.39 is 24.0 Å². The van der Waals surface area contributed by atoms with E-state index in [4.69, 9.17) is 9.47 Å². The van der Waals surface area contributed by atoms with Crippen LogP contribution in [0, 0.1) is 11.8 Å². The van der Waals surface area contributed by atoms with Crippen molar-refractivity contribution in [3.63, 3.8) is 0 Å². The topological polar surface area (TPSA) is 117 Å². The zero-order valence-electron chi connectivity index (χ0n) is 20.3. The van der Waals surface area contributed by atoms with Gasteiger partial charge >= 0.3 is 11.9 Å². The van der Waals surface area contributed by atoms with Crippen LogP contribution in [0.3, 0.4) is 0 Å². The first kappa shape index (κ1) is 27.8. The van der Waals surface area contributed by atoms with Gasteiger partial charge in [-0.15, -0.1) is 0 Å². The number of rotatable bonds is 12. The Morgan fingerprint density at radius 1 is 0.688 bits per heavy atom. The Balaban J connectivity index is 2.45. The molecule has 1 saturated heterocycles. The third kappa shape index (κ3) is 10.4. The molecule has 0 bridgehead atoms. The van der Waals surface area contributed by atoms with Gasteiger partial charge in [-0.3, -0.25) is 19.4 Å². The van der Waals surface area contributed by atoms with Gasteiger partial charge in [0.25, 0.3) is 0 Å². The lowest BCUT2D eigenvalue weighted by atomic mass is 10.0. The minimum atomic E-state index is -0.647. The molecule has 32 heavy (non-hydrogen) atoms. The van der Waals surface area contributed by atoms with E-state index in [0.717, 1.165) is 0 Å². The molecule has 1 aliphatic rings. The molecule has 0 spiro atoms. The number of methoxy groups -OCH3 is 2. The normalized spacial score (nSPS) is 17.0. The van der Waals surface area contributed by atoms with E-state index in [0.29, 0.717) is 39.0 Å². The van der Waals surface area contributed by atoms with Gasteiger partial charge in [0.05, 0.1) is 27.3 Å². The number of hydrogen-bond donors (Lipinski definition) is 2.